The zero-order valence-corrected chi connectivity index (χ0v) is 14.2. The standard InChI is InChI=1S/C20H24N2O/c1-15-13-19(16(2)21(15)3)20(23)14-22-11-9-18(10-12-22)17-7-5-4-6-8-17/h4-9,13H,10-12,14H2,1-3H3. The Hall–Kier alpha value is -2.13. The van der Waals surface area contributed by atoms with Gasteiger partial charge in [-0.05, 0) is 37.5 Å². The molecule has 3 heteroatoms. The van der Waals surface area contributed by atoms with E-state index in [9.17, 15) is 4.79 Å². The molecule has 0 aliphatic carbocycles. The molecular formula is C20H24N2O. The van der Waals surface area contributed by atoms with Gasteiger partial charge in [-0.2, -0.15) is 0 Å². The molecule has 1 aliphatic rings. The van der Waals surface area contributed by atoms with Crippen molar-refractivity contribution in [2.24, 2.45) is 7.05 Å². The summed E-state index contributed by atoms with van der Waals surface area (Å²) >= 11 is 0. The Balaban J connectivity index is 1.65. The third-order valence-corrected chi connectivity index (χ3v) is 4.88. The maximum atomic E-state index is 12.6. The van der Waals surface area contributed by atoms with E-state index in [4.69, 9.17) is 0 Å². The molecule has 0 unspecified atom stereocenters. The number of rotatable bonds is 4. The number of benzene rings is 1. The molecule has 0 saturated carbocycles. The van der Waals surface area contributed by atoms with Crippen molar-refractivity contribution >= 4 is 11.4 Å². The van der Waals surface area contributed by atoms with Gasteiger partial charge in [0.1, 0.15) is 0 Å². The van der Waals surface area contributed by atoms with Crippen LogP contribution in [0.4, 0.5) is 0 Å². The van der Waals surface area contributed by atoms with Crippen LogP contribution in [-0.2, 0) is 7.05 Å². The SMILES string of the molecule is Cc1cc(C(=O)CN2CC=C(c3ccccc3)CC2)c(C)n1C. The van der Waals surface area contributed by atoms with Crippen LogP contribution in [0.5, 0.6) is 0 Å². The van der Waals surface area contributed by atoms with Gasteiger partial charge in [0.2, 0.25) is 0 Å². The minimum atomic E-state index is 0.225. The number of hydrogen-bond donors (Lipinski definition) is 0. The minimum Gasteiger partial charge on any atom is -0.351 e. The van der Waals surface area contributed by atoms with Crippen LogP contribution < -0.4 is 0 Å². The normalized spacial score (nSPS) is 15.5. The Kier molecular flexibility index (Phi) is 4.49. The molecule has 2 aromatic rings. The van der Waals surface area contributed by atoms with Crippen molar-refractivity contribution in [3.05, 3.63) is 65.0 Å². The maximum absolute atomic E-state index is 12.6. The van der Waals surface area contributed by atoms with Gasteiger partial charge in [0.15, 0.2) is 5.78 Å². The summed E-state index contributed by atoms with van der Waals surface area (Å²) in [5.41, 5.74) is 5.75. The average Bonchev–Trinajstić information content (AvgIpc) is 2.84. The van der Waals surface area contributed by atoms with Crippen LogP contribution in [0.3, 0.4) is 0 Å². The number of aromatic nitrogens is 1. The maximum Gasteiger partial charge on any atom is 0.178 e. The predicted molar refractivity (Wildman–Crippen MR) is 94.7 cm³/mol. The van der Waals surface area contributed by atoms with E-state index in [0.717, 1.165) is 36.5 Å². The van der Waals surface area contributed by atoms with E-state index in [-0.39, 0.29) is 5.78 Å². The highest BCUT2D eigenvalue weighted by atomic mass is 16.1. The van der Waals surface area contributed by atoms with Crippen LogP contribution >= 0.6 is 0 Å². The molecule has 0 atom stereocenters. The third kappa shape index (κ3) is 3.30. The number of carbonyl (C=O) groups is 1. The molecule has 0 fully saturated rings. The second-order valence-electron chi connectivity index (χ2n) is 6.35. The van der Waals surface area contributed by atoms with E-state index >= 15 is 0 Å². The number of Topliss-reactive ketones (excluding diaryl/α,β-unsaturated/α-hetero) is 1. The number of hydrogen-bond acceptors (Lipinski definition) is 2. The summed E-state index contributed by atoms with van der Waals surface area (Å²) in [6, 6.07) is 12.5. The van der Waals surface area contributed by atoms with Crippen LogP contribution in [0.2, 0.25) is 0 Å². The van der Waals surface area contributed by atoms with Gasteiger partial charge in [0.25, 0.3) is 0 Å². The third-order valence-electron chi connectivity index (χ3n) is 4.88. The fraction of sp³-hybridized carbons (Fsp3) is 0.350. The van der Waals surface area contributed by atoms with E-state index in [1.165, 1.54) is 11.1 Å². The molecule has 1 aromatic heterocycles. The Morgan fingerprint density at radius 2 is 1.91 bits per heavy atom. The molecule has 0 amide bonds. The summed E-state index contributed by atoms with van der Waals surface area (Å²) < 4.78 is 2.08. The largest absolute Gasteiger partial charge is 0.351 e. The quantitative estimate of drug-likeness (QED) is 0.806. The smallest absolute Gasteiger partial charge is 0.178 e. The summed E-state index contributed by atoms with van der Waals surface area (Å²) in [6.07, 6.45) is 3.26. The van der Waals surface area contributed by atoms with Gasteiger partial charge in [-0.25, -0.2) is 0 Å². The van der Waals surface area contributed by atoms with Crippen molar-refractivity contribution < 1.29 is 4.79 Å². The number of ketones is 1. The summed E-state index contributed by atoms with van der Waals surface area (Å²) in [5.74, 6) is 0.225. The number of carbonyl (C=O) groups excluding carboxylic acids is 1. The van der Waals surface area contributed by atoms with Gasteiger partial charge < -0.3 is 4.57 Å². The second-order valence-corrected chi connectivity index (χ2v) is 6.35. The fourth-order valence-corrected chi connectivity index (χ4v) is 3.20. The highest BCUT2D eigenvalue weighted by Crippen LogP contribution is 2.22. The second kappa shape index (κ2) is 6.55. The van der Waals surface area contributed by atoms with Crippen LogP contribution in [0.25, 0.3) is 5.57 Å². The summed E-state index contributed by atoms with van der Waals surface area (Å²) in [5, 5.41) is 0. The molecule has 3 nitrogen and oxygen atoms in total. The topological polar surface area (TPSA) is 25.2 Å². The lowest BCUT2D eigenvalue weighted by Gasteiger charge is -2.25. The first-order valence-electron chi connectivity index (χ1n) is 8.19. The van der Waals surface area contributed by atoms with E-state index in [2.05, 4.69) is 39.8 Å². The van der Waals surface area contributed by atoms with Crippen LogP contribution in [0.15, 0.2) is 42.5 Å². The van der Waals surface area contributed by atoms with Gasteiger partial charge in [0.05, 0.1) is 6.54 Å². The average molecular weight is 308 g/mol. The molecular weight excluding hydrogens is 284 g/mol. The van der Waals surface area contributed by atoms with Crippen molar-refractivity contribution in [2.75, 3.05) is 19.6 Å². The molecule has 0 spiro atoms. The number of aryl methyl sites for hydroxylation is 1. The van der Waals surface area contributed by atoms with Gasteiger partial charge >= 0.3 is 0 Å². The van der Waals surface area contributed by atoms with E-state index in [1.54, 1.807) is 0 Å². The molecule has 2 heterocycles. The summed E-state index contributed by atoms with van der Waals surface area (Å²) in [4.78, 5) is 14.8. The Morgan fingerprint density at radius 3 is 2.48 bits per heavy atom. The lowest BCUT2D eigenvalue weighted by atomic mass is 9.99. The highest BCUT2D eigenvalue weighted by molar-refractivity contribution is 5.99. The van der Waals surface area contributed by atoms with Crippen molar-refractivity contribution in [1.29, 1.82) is 0 Å². The van der Waals surface area contributed by atoms with E-state index in [0.29, 0.717) is 6.54 Å². The van der Waals surface area contributed by atoms with Crippen molar-refractivity contribution in [3.8, 4) is 0 Å². The zero-order chi connectivity index (χ0) is 16.4. The van der Waals surface area contributed by atoms with Gasteiger partial charge in [0, 0.05) is 37.1 Å². The van der Waals surface area contributed by atoms with E-state index in [1.807, 2.05) is 33.0 Å². The van der Waals surface area contributed by atoms with Crippen LogP contribution in [0, 0.1) is 13.8 Å². The van der Waals surface area contributed by atoms with E-state index < -0.39 is 0 Å². The summed E-state index contributed by atoms with van der Waals surface area (Å²) in [6.45, 7) is 6.35. The molecule has 120 valence electrons. The number of nitrogens with zero attached hydrogens (tertiary/aromatic N) is 2. The minimum absolute atomic E-state index is 0.225. The summed E-state index contributed by atoms with van der Waals surface area (Å²) in [7, 11) is 2.01. The first kappa shape index (κ1) is 15.8. The molecule has 0 N–H and O–H groups in total. The monoisotopic (exact) mass is 308 g/mol. The Bertz CT molecular complexity index is 741. The van der Waals surface area contributed by atoms with Crippen molar-refractivity contribution in [1.82, 2.24) is 9.47 Å². The first-order chi connectivity index (χ1) is 11.1. The predicted octanol–water partition coefficient (Wildman–Crippen LogP) is 3.61. The van der Waals surface area contributed by atoms with Gasteiger partial charge in [-0.15, -0.1) is 0 Å². The zero-order valence-electron chi connectivity index (χ0n) is 14.2. The van der Waals surface area contributed by atoms with Crippen LogP contribution in [0.1, 0.15) is 33.7 Å². The molecule has 23 heavy (non-hydrogen) atoms. The van der Waals surface area contributed by atoms with Gasteiger partial charge in [-0.3, -0.25) is 9.69 Å². The fourth-order valence-electron chi connectivity index (χ4n) is 3.20. The Labute approximate surface area is 138 Å². The highest BCUT2D eigenvalue weighted by Gasteiger charge is 2.19. The molecule has 1 aliphatic heterocycles. The van der Waals surface area contributed by atoms with Crippen molar-refractivity contribution in [2.45, 2.75) is 20.3 Å². The molecule has 0 bridgehead atoms. The van der Waals surface area contributed by atoms with Crippen LogP contribution in [-0.4, -0.2) is 34.9 Å². The van der Waals surface area contributed by atoms with Gasteiger partial charge in [-0.1, -0.05) is 36.4 Å². The Morgan fingerprint density at radius 1 is 1.17 bits per heavy atom. The first-order valence-corrected chi connectivity index (χ1v) is 8.19. The molecule has 3 rings (SSSR count). The lowest BCUT2D eigenvalue weighted by molar-refractivity contribution is 0.0937. The molecule has 1 aromatic carbocycles. The molecule has 0 saturated heterocycles. The molecule has 0 radical (unpaired) electrons. The van der Waals surface area contributed by atoms with Crippen molar-refractivity contribution in [3.63, 3.8) is 0 Å². The lowest BCUT2D eigenvalue weighted by Crippen LogP contribution is -2.33.